The number of ether oxygens (including phenoxy) is 3. The summed E-state index contributed by atoms with van der Waals surface area (Å²) in [6, 6.07) is 9.79. The quantitative estimate of drug-likeness (QED) is 0.817. The Bertz CT molecular complexity index is 554. The number of hydrogen-bond donors (Lipinski definition) is 2. The van der Waals surface area contributed by atoms with Crippen LogP contribution in [0.25, 0.3) is 0 Å². The number of fused-ring (bicyclic) bond motifs is 1. The zero-order valence-electron chi connectivity index (χ0n) is 12.9. The summed E-state index contributed by atoms with van der Waals surface area (Å²) < 4.78 is 17.7. The van der Waals surface area contributed by atoms with Crippen LogP contribution in [0.15, 0.2) is 54.3 Å². The second-order valence-electron chi connectivity index (χ2n) is 5.65. The van der Waals surface area contributed by atoms with Gasteiger partial charge in [-0.25, -0.2) is 0 Å². The molecule has 0 aromatic heterocycles. The highest BCUT2D eigenvalue weighted by molar-refractivity contribution is 5.16. The maximum Gasteiger partial charge on any atom is 0.184 e. The third kappa shape index (κ3) is 4.00. The molecule has 2 N–H and O–H groups in total. The summed E-state index contributed by atoms with van der Waals surface area (Å²) in [6.45, 7) is 0.190. The number of hydrogen-bond acceptors (Lipinski definition) is 5. The average Bonchev–Trinajstić information content (AvgIpc) is 2.66. The molecule has 124 valence electrons. The lowest BCUT2D eigenvalue weighted by Gasteiger charge is -2.37. The van der Waals surface area contributed by atoms with E-state index in [4.69, 9.17) is 19.3 Å². The predicted octanol–water partition coefficient (Wildman–Crippen LogP) is 2.07. The van der Waals surface area contributed by atoms with Crippen LogP contribution in [0.5, 0.6) is 0 Å². The average molecular weight is 318 g/mol. The molecule has 0 radical (unpaired) electrons. The van der Waals surface area contributed by atoms with E-state index in [0.717, 1.165) is 5.56 Å². The van der Waals surface area contributed by atoms with Crippen molar-refractivity contribution in [2.45, 2.75) is 37.4 Å². The van der Waals surface area contributed by atoms with Gasteiger partial charge in [-0.1, -0.05) is 42.5 Å². The first-order valence-electron chi connectivity index (χ1n) is 7.90. The monoisotopic (exact) mass is 318 g/mol. The van der Waals surface area contributed by atoms with E-state index in [2.05, 4.69) is 0 Å². The van der Waals surface area contributed by atoms with Gasteiger partial charge >= 0.3 is 0 Å². The van der Waals surface area contributed by atoms with Crippen LogP contribution in [0, 0.1) is 0 Å². The van der Waals surface area contributed by atoms with Crippen molar-refractivity contribution >= 4 is 0 Å². The molecule has 2 aliphatic heterocycles. The second-order valence-corrected chi connectivity index (χ2v) is 5.65. The minimum absolute atomic E-state index is 0.169. The summed E-state index contributed by atoms with van der Waals surface area (Å²) in [6.07, 6.45) is 4.89. The van der Waals surface area contributed by atoms with Crippen molar-refractivity contribution in [3.8, 4) is 0 Å². The first-order valence-corrected chi connectivity index (χ1v) is 7.90. The Labute approximate surface area is 135 Å². The van der Waals surface area contributed by atoms with Crippen molar-refractivity contribution in [2.24, 2.45) is 0 Å². The van der Waals surface area contributed by atoms with E-state index in [0.29, 0.717) is 25.2 Å². The highest BCUT2D eigenvalue weighted by atomic mass is 16.7. The van der Waals surface area contributed by atoms with Gasteiger partial charge in [0.15, 0.2) is 6.29 Å². The maximum absolute atomic E-state index is 10.1. The summed E-state index contributed by atoms with van der Waals surface area (Å²) in [4.78, 5) is 0. The van der Waals surface area contributed by atoms with Crippen LogP contribution in [0.1, 0.15) is 24.7 Å². The molecule has 0 spiro atoms. The zero-order valence-corrected chi connectivity index (χ0v) is 12.9. The highest BCUT2D eigenvalue weighted by Gasteiger charge is 2.35. The highest BCUT2D eigenvalue weighted by Crippen LogP contribution is 2.31. The summed E-state index contributed by atoms with van der Waals surface area (Å²) in [5.74, 6) is 0.374. The molecule has 0 bridgehead atoms. The molecule has 5 nitrogen and oxygen atoms in total. The van der Waals surface area contributed by atoms with Crippen LogP contribution in [-0.4, -0.2) is 41.7 Å². The Morgan fingerprint density at radius 3 is 2.65 bits per heavy atom. The summed E-state index contributed by atoms with van der Waals surface area (Å²) in [5.41, 5.74) is 0.973. The Kier molecular flexibility index (Phi) is 5.46. The topological polar surface area (TPSA) is 68.2 Å². The van der Waals surface area contributed by atoms with E-state index in [9.17, 15) is 5.11 Å². The molecule has 1 fully saturated rings. The van der Waals surface area contributed by atoms with Crippen LogP contribution in [0.2, 0.25) is 0 Å². The summed E-state index contributed by atoms with van der Waals surface area (Å²) in [5, 5.41) is 19.2. The van der Waals surface area contributed by atoms with Crippen LogP contribution in [-0.2, 0) is 14.2 Å². The second kappa shape index (κ2) is 7.75. The van der Waals surface area contributed by atoms with Gasteiger partial charge in [0.2, 0.25) is 0 Å². The fourth-order valence-corrected chi connectivity index (χ4v) is 2.78. The smallest absolute Gasteiger partial charge is 0.184 e. The largest absolute Gasteiger partial charge is 0.487 e. The molecule has 0 aliphatic carbocycles. The van der Waals surface area contributed by atoms with E-state index in [1.54, 1.807) is 0 Å². The van der Waals surface area contributed by atoms with Crippen molar-refractivity contribution in [1.82, 2.24) is 0 Å². The van der Waals surface area contributed by atoms with Gasteiger partial charge < -0.3 is 24.4 Å². The number of rotatable bonds is 2. The van der Waals surface area contributed by atoms with Gasteiger partial charge in [0, 0.05) is 5.56 Å². The molecule has 0 amide bonds. The van der Waals surface area contributed by atoms with Crippen molar-refractivity contribution in [3.63, 3.8) is 0 Å². The lowest BCUT2D eigenvalue weighted by molar-refractivity contribution is -0.260. The van der Waals surface area contributed by atoms with Gasteiger partial charge in [0.1, 0.15) is 24.1 Å². The molecular formula is C18H22O5. The van der Waals surface area contributed by atoms with Gasteiger partial charge in [-0.3, -0.25) is 0 Å². The molecule has 1 aromatic rings. The number of aliphatic hydroxyl groups excluding tert-OH is 2. The van der Waals surface area contributed by atoms with E-state index in [1.807, 2.05) is 42.5 Å². The molecule has 0 saturated carbocycles. The van der Waals surface area contributed by atoms with Crippen molar-refractivity contribution in [3.05, 3.63) is 59.9 Å². The molecule has 2 heterocycles. The van der Waals surface area contributed by atoms with Crippen LogP contribution < -0.4 is 0 Å². The van der Waals surface area contributed by atoms with Crippen LogP contribution >= 0.6 is 0 Å². The standard InChI is InChI=1S/C18H22O5/c19-11-10-15-14(20)8-4-5-9-16-17(22-15)12-21-18(23-16)13-6-2-1-3-7-13/h1-7,10,14,16-20H,8-9,11-12H2/b5-4-,15-10+/t14?,16-,17+,18+/m0/s1. The first kappa shape index (κ1) is 16.2. The molecule has 1 aromatic carbocycles. The van der Waals surface area contributed by atoms with E-state index >= 15 is 0 Å². The summed E-state index contributed by atoms with van der Waals surface area (Å²) in [7, 11) is 0. The lowest BCUT2D eigenvalue weighted by Crippen LogP contribution is -2.42. The Hall–Kier alpha value is -1.66. The molecule has 5 heteroatoms. The van der Waals surface area contributed by atoms with E-state index < -0.39 is 12.4 Å². The van der Waals surface area contributed by atoms with Gasteiger partial charge in [0.25, 0.3) is 0 Å². The molecule has 23 heavy (non-hydrogen) atoms. The Balaban J connectivity index is 1.75. The van der Waals surface area contributed by atoms with E-state index in [1.165, 1.54) is 6.08 Å². The number of aliphatic hydroxyl groups is 2. The van der Waals surface area contributed by atoms with E-state index in [-0.39, 0.29) is 18.8 Å². The zero-order chi connectivity index (χ0) is 16.1. The molecule has 1 unspecified atom stereocenters. The Morgan fingerprint density at radius 2 is 1.87 bits per heavy atom. The Morgan fingerprint density at radius 1 is 1.09 bits per heavy atom. The number of benzene rings is 1. The van der Waals surface area contributed by atoms with Gasteiger partial charge in [-0.05, 0) is 18.9 Å². The minimum atomic E-state index is -0.760. The van der Waals surface area contributed by atoms with Crippen molar-refractivity contribution in [2.75, 3.05) is 13.2 Å². The van der Waals surface area contributed by atoms with Crippen molar-refractivity contribution < 1.29 is 24.4 Å². The molecule has 4 atom stereocenters. The SMILES string of the molecule is OC/C=C1/O[C@@H]2CO[C@@H](c3ccccc3)O[C@H]2C/C=C\CC1O. The molecular weight excluding hydrogens is 296 g/mol. The van der Waals surface area contributed by atoms with Gasteiger partial charge in [-0.2, -0.15) is 0 Å². The van der Waals surface area contributed by atoms with Crippen LogP contribution in [0.3, 0.4) is 0 Å². The normalized spacial score (nSPS) is 34.6. The fraction of sp³-hybridized carbons (Fsp3) is 0.444. The molecule has 2 aliphatic rings. The van der Waals surface area contributed by atoms with Gasteiger partial charge in [-0.15, -0.1) is 0 Å². The molecule has 3 rings (SSSR count). The van der Waals surface area contributed by atoms with Crippen molar-refractivity contribution in [1.29, 1.82) is 0 Å². The third-order valence-electron chi connectivity index (χ3n) is 4.00. The van der Waals surface area contributed by atoms with Crippen LogP contribution in [0.4, 0.5) is 0 Å². The summed E-state index contributed by atoms with van der Waals surface area (Å²) >= 11 is 0. The maximum atomic E-state index is 10.1. The minimum Gasteiger partial charge on any atom is -0.487 e. The lowest BCUT2D eigenvalue weighted by atomic mass is 10.1. The molecule has 1 saturated heterocycles. The predicted molar refractivity (Wildman–Crippen MR) is 84.4 cm³/mol. The first-order chi connectivity index (χ1) is 11.3. The fourth-order valence-electron chi connectivity index (χ4n) is 2.78. The van der Waals surface area contributed by atoms with Gasteiger partial charge in [0.05, 0.1) is 13.2 Å². The third-order valence-corrected chi connectivity index (χ3v) is 4.00.